The minimum Gasteiger partial charge on any atom is -0.428 e. The molecule has 0 aliphatic carbocycles. The number of aromatic nitrogens is 1. The predicted molar refractivity (Wildman–Crippen MR) is 127 cm³/mol. The number of aliphatic hydroxyl groups is 1. The molecule has 1 heterocycles. The van der Waals surface area contributed by atoms with Crippen LogP contribution in [0.1, 0.15) is 16.8 Å². The highest BCUT2D eigenvalue weighted by molar-refractivity contribution is 6.30. The fourth-order valence-electron chi connectivity index (χ4n) is 3.66. The lowest BCUT2D eigenvalue weighted by Gasteiger charge is -2.36. The molecule has 0 fully saturated rings. The van der Waals surface area contributed by atoms with Crippen molar-refractivity contribution in [1.82, 2.24) is 15.6 Å². The van der Waals surface area contributed by atoms with Crippen molar-refractivity contribution in [1.29, 1.82) is 0 Å². The highest BCUT2D eigenvalue weighted by Gasteiger charge is 2.45. The Kier molecular flexibility index (Phi) is 9.46. The first-order valence-electron chi connectivity index (χ1n) is 11.3. The number of carbonyl (C=O) groups is 1. The van der Waals surface area contributed by atoms with Gasteiger partial charge in [0.1, 0.15) is 17.1 Å². The van der Waals surface area contributed by atoms with Gasteiger partial charge in [-0.15, -0.1) is 0 Å². The summed E-state index contributed by atoms with van der Waals surface area (Å²) >= 11 is 5.92. The van der Waals surface area contributed by atoms with E-state index in [0.29, 0.717) is 11.6 Å². The van der Waals surface area contributed by atoms with Crippen LogP contribution in [0, 0.1) is 5.82 Å². The predicted octanol–water partition coefficient (Wildman–Crippen LogP) is 5.82. The number of carbonyl (C=O) groups excluding carboxylic acids is 1. The lowest BCUT2D eigenvalue weighted by Crippen LogP contribution is -2.54. The van der Waals surface area contributed by atoms with Crippen molar-refractivity contribution < 1.29 is 49.8 Å². The highest BCUT2D eigenvalue weighted by Crippen LogP contribution is 2.37. The molecule has 0 aliphatic heterocycles. The second-order valence-corrected chi connectivity index (χ2v) is 8.90. The summed E-state index contributed by atoms with van der Waals surface area (Å²) in [4.78, 5) is 17.0. The van der Waals surface area contributed by atoms with Gasteiger partial charge in [-0.3, -0.25) is 4.98 Å². The standard InChI is InChI=1S/C25H20ClF8N3O3/c26-16-6-7-19(35-12-16)23(11-14-4-2-1-3-5-14,37-22(39)36-13-20(38)24(30,31)32)15-8-17(27)10-18(9-15)40-25(33,34)21(28)29/h1-10,12,20-21,38H,11,13H2,(H2,36,37,39)/t20-,23-/m0/s1. The molecule has 0 spiro atoms. The number of pyridine rings is 1. The molecule has 0 saturated carbocycles. The first-order valence-corrected chi connectivity index (χ1v) is 11.6. The molecule has 6 nitrogen and oxygen atoms in total. The number of benzene rings is 2. The number of rotatable bonds is 10. The molecule has 0 saturated heterocycles. The number of hydrogen-bond acceptors (Lipinski definition) is 4. The fraction of sp³-hybridized carbons (Fsp3) is 0.280. The Morgan fingerprint density at radius 1 is 1.02 bits per heavy atom. The second kappa shape index (κ2) is 12.3. The lowest BCUT2D eigenvalue weighted by molar-refractivity contribution is -0.253. The summed E-state index contributed by atoms with van der Waals surface area (Å²) in [5, 5.41) is 13.6. The molecule has 216 valence electrons. The topological polar surface area (TPSA) is 83.5 Å². The van der Waals surface area contributed by atoms with Gasteiger partial charge in [0.2, 0.25) is 0 Å². The monoisotopic (exact) mass is 597 g/mol. The Bertz CT molecular complexity index is 1300. The Labute approximate surface area is 226 Å². The molecule has 2 amide bonds. The van der Waals surface area contributed by atoms with Gasteiger partial charge >= 0.3 is 24.7 Å². The van der Waals surface area contributed by atoms with Crippen LogP contribution in [0.3, 0.4) is 0 Å². The van der Waals surface area contributed by atoms with Gasteiger partial charge in [-0.25, -0.2) is 9.18 Å². The van der Waals surface area contributed by atoms with Gasteiger partial charge in [-0.2, -0.15) is 30.7 Å². The SMILES string of the molecule is O=C(NC[C@H](O)C(F)(F)F)N[C@@](Cc1ccccc1)(c1cc(F)cc(OC(F)(F)C(F)F)c1)c1ccc(Cl)cn1. The van der Waals surface area contributed by atoms with E-state index in [-0.39, 0.29) is 22.7 Å². The summed E-state index contributed by atoms with van der Waals surface area (Å²) in [6, 6.07) is 11.2. The van der Waals surface area contributed by atoms with Crippen LogP contribution < -0.4 is 15.4 Å². The van der Waals surface area contributed by atoms with E-state index in [2.05, 4.69) is 15.0 Å². The van der Waals surface area contributed by atoms with Gasteiger partial charge in [0.05, 0.1) is 17.3 Å². The van der Waals surface area contributed by atoms with Crippen LogP contribution >= 0.6 is 11.6 Å². The van der Waals surface area contributed by atoms with E-state index in [9.17, 15) is 45.0 Å². The maximum Gasteiger partial charge on any atom is 0.461 e. The van der Waals surface area contributed by atoms with E-state index < -0.39 is 54.5 Å². The highest BCUT2D eigenvalue weighted by atomic mass is 35.5. The zero-order valence-corrected chi connectivity index (χ0v) is 20.8. The fourth-order valence-corrected chi connectivity index (χ4v) is 3.78. The summed E-state index contributed by atoms with van der Waals surface area (Å²) in [7, 11) is 0. The molecular weight excluding hydrogens is 578 g/mol. The van der Waals surface area contributed by atoms with Crippen LogP contribution in [0.5, 0.6) is 5.75 Å². The molecule has 15 heteroatoms. The molecular formula is C25H20ClF8N3O3. The summed E-state index contributed by atoms with van der Waals surface area (Å²) in [6.07, 6.45) is -16.4. The molecule has 3 rings (SSSR count). The molecule has 0 aliphatic rings. The number of alkyl halides is 7. The third-order valence-electron chi connectivity index (χ3n) is 5.51. The van der Waals surface area contributed by atoms with Crippen molar-refractivity contribution in [2.45, 2.75) is 36.8 Å². The Morgan fingerprint density at radius 2 is 1.70 bits per heavy atom. The Morgan fingerprint density at radius 3 is 2.27 bits per heavy atom. The third kappa shape index (κ3) is 7.72. The van der Waals surface area contributed by atoms with E-state index in [0.717, 1.165) is 18.3 Å². The molecule has 1 aromatic heterocycles. The first kappa shape index (κ1) is 30.9. The van der Waals surface area contributed by atoms with Crippen LogP contribution in [0.15, 0.2) is 66.9 Å². The van der Waals surface area contributed by atoms with Crippen LogP contribution in [0.25, 0.3) is 0 Å². The third-order valence-corrected chi connectivity index (χ3v) is 5.73. The van der Waals surface area contributed by atoms with Gasteiger partial charge in [0.15, 0.2) is 6.10 Å². The minimum absolute atomic E-state index is 0.0931. The summed E-state index contributed by atoms with van der Waals surface area (Å²) in [6.45, 7) is -1.27. The lowest BCUT2D eigenvalue weighted by atomic mass is 9.80. The molecule has 3 aromatic rings. The average Bonchev–Trinajstić information content (AvgIpc) is 2.86. The molecule has 40 heavy (non-hydrogen) atoms. The van der Waals surface area contributed by atoms with Crippen molar-refractivity contribution in [3.8, 4) is 5.75 Å². The first-order chi connectivity index (χ1) is 18.6. The number of ether oxygens (including phenoxy) is 1. The molecule has 2 atom stereocenters. The van der Waals surface area contributed by atoms with E-state index in [4.69, 9.17) is 11.6 Å². The van der Waals surface area contributed by atoms with E-state index in [1.54, 1.807) is 30.3 Å². The quantitative estimate of drug-likeness (QED) is 0.257. The number of nitrogens with one attached hydrogen (secondary N) is 2. The molecule has 0 unspecified atom stereocenters. The van der Waals surface area contributed by atoms with Crippen molar-refractivity contribution in [3.05, 3.63) is 94.5 Å². The molecule has 0 bridgehead atoms. The second-order valence-electron chi connectivity index (χ2n) is 8.46. The smallest absolute Gasteiger partial charge is 0.428 e. The van der Waals surface area contributed by atoms with Crippen molar-refractivity contribution >= 4 is 17.6 Å². The number of aliphatic hydroxyl groups excluding tert-OH is 1. The Balaban J connectivity index is 2.18. The van der Waals surface area contributed by atoms with Crippen molar-refractivity contribution in [2.24, 2.45) is 0 Å². The number of hydrogen-bond donors (Lipinski definition) is 3. The van der Waals surface area contributed by atoms with Crippen LogP contribution in [-0.4, -0.2) is 47.5 Å². The van der Waals surface area contributed by atoms with Gasteiger partial charge < -0.3 is 20.5 Å². The maximum atomic E-state index is 14.7. The van der Waals surface area contributed by atoms with Gasteiger partial charge in [0.25, 0.3) is 0 Å². The van der Waals surface area contributed by atoms with Crippen molar-refractivity contribution in [2.75, 3.05) is 6.54 Å². The maximum absolute atomic E-state index is 14.7. The van der Waals surface area contributed by atoms with Gasteiger partial charge in [0, 0.05) is 18.7 Å². The van der Waals surface area contributed by atoms with Crippen molar-refractivity contribution in [3.63, 3.8) is 0 Å². The summed E-state index contributed by atoms with van der Waals surface area (Å²) in [5.74, 6) is -2.28. The summed E-state index contributed by atoms with van der Waals surface area (Å²) < 4.78 is 110. The van der Waals surface area contributed by atoms with E-state index in [1.807, 2.05) is 5.32 Å². The van der Waals surface area contributed by atoms with E-state index >= 15 is 0 Å². The van der Waals surface area contributed by atoms with Crippen LogP contribution in [0.4, 0.5) is 39.9 Å². The summed E-state index contributed by atoms with van der Waals surface area (Å²) in [5.41, 5.74) is -2.03. The number of urea groups is 1. The average molecular weight is 598 g/mol. The van der Waals surface area contributed by atoms with Gasteiger partial charge in [-0.05, 0) is 35.4 Å². The normalized spacial score (nSPS) is 14.4. The number of halogens is 9. The molecule has 0 radical (unpaired) electrons. The van der Waals surface area contributed by atoms with Gasteiger partial charge in [-0.1, -0.05) is 41.9 Å². The molecule has 3 N–H and O–H groups in total. The van der Waals surface area contributed by atoms with E-state index in [1.165, 1.54) is 12.1 Å². The van der Waals surface area contributed by atoms with Crippen LogP contribution in [-0.2, 0) is 12.0 Å². The number of nitrogens with zero attached hydrogens (tertiary/aromatic N) is 1. The van der Waals surface area contributed by atoms with Crippen LogP contribution in [0.2, 0.25) is 5.02 Å². The minimum atomic E-state index is -5.06. The largest absolute Gasteiger partial charge is 0.461 e. The zero-order chi connectivity index (χ0) is 29.7. The number of amides is 2. The Hall–Kier alpha value is -3.65. The molecule has 2 aromatic carbocycles. The zero-order valence-electron chi connectivity index (χ0n) is 20.0.